The van der Waals surface area contributed by atoms with E-state index >= 15 is 0 Å². The number of hydrogen-bond acceptors (Lipinski definition) is 4. The highest BCUT2D eigenvalue weighted by molar-refractivity contribution is 5.87. The number of carbonyl (C=O) groups is 1. The predicted molar refractivity (Wildman–Crippen MR) is 52.9 cm³/mol. The summed E-state index contributed by atoms with van der Waals surface area (Å²) < 4.78 is 9.96. The third kappa shape index (κ3) is 6.62. The predicted octanol–water partition coefficient (Wildman–Crippen LogP) is 0.895. The maximum absolute atomic E-state index is 11.1. The molecule has 82 valence electrons. The van der Waals surface area contributed by atoms with Crippen LogP contribution in [0.3, 0.4) is 0 Å². The van der Waals surface area contributed by atoms with E-state index < -0.39 is 0 Å². The first-order valence-electron chi connectivity index (χ1n) is 4.71. The van der Waals surface area contributed by atoms with Gasteiger partial charge in [0.25, 0.3) is 0 Å². The molecule has 0 radical (unpaired) electrons. The molecule has 0 rings (SSSR count). The standard InChI is InChI=1S/C10H18O4/c1-3-9(2)10(12)14-8-7-13-6-4-5-11/h3,11H,4-8H2,1-2H3. The largest absolute Gasteiger partial charge is 0.460 e. The number of hydrogen-bond donors (Lipinski definition) is 1. The number of ether oxygens (including phenoxy) is 2. The van der Waals surface area contributed by atoms with E-state index in [0.717, 1.165) is 0 Å². The third-order valence-electron chi connectivity index (χ3n) is 1.66. The summed E-state index contributed by atoms with van der Waals surface area (Å²) in [7, 11) is 0. The van der Waals surface area contributed by atoms with Crippen LogP contribution in [0.1, 0.15) is 20.3 Å². The van der Waals surface area contributed by atoms with Gasteiger partial charge in [0.1, 0.15) is 6.61 Å². The lowest BCUT2D eigenvalue weighted by molar-refractivity contribution is -0.140. The second kappa shape index (κ2) is 8.72. The van der Waals surface area contributed by atoms with Gasteiger partial charge in [0, 0.05) is 18.8 Å². The summed E-state index contributed by atoms with van der Waals surface area (Å²) >= 11 is 0. The molecule has 0 aliphatic heterocycles. The van der Waals surface area contributed by atoms with Crippen molar-refractivity contribution in [3.8, 4) is 0 Å². The molecular weight excluding hydrogens is 184 g/mol. The van der Waals surface area contributed by atoms with Crippen molar-refractivity contribution in [2.75, 3.05) is 26.4 Å². The molecule has 0 bridgehead atoms. The van der Waals surface area contributed by atoms with Crippen LogP contribution in [0, 0.1) is 0 Å². The van der Waals surface area contributed by atoms with E-state index in [1.54, 1.807) is 19.9 Å². The first-order valence-corrected chi connectivity index (χ1v) is 4.71. The molecule has 0 atom stereocenters. The molecule has 0 fully saturated rings. The first kappa shape index (κ1) is 13.1. The quantitative estimate of drug-likeness (QED) is 0.378. The molecule has 0 aliphatic carbocycles. The molecule has 0 aliphatic rings. The lowest BCUT2D eigenvalue weighted by Crippen LogP contribution is -2.12. The number of aliphatic hydroxyl groups is 1. The Kier molecular flexibility index (Phi) is 8.17. The van der Waals surface area contributed by atoms with Crippen LogP contribution in [0.5, 0.6) is 0 Å². The van der Waals surface area contributed by atoms with Crippen LogP contribution in [0.2, 0.25) is 0 Å². The molecule has 4 heteroatoms. The average Bonchev–Trinajstić information content (AvgIpc) is 2.21. The van der Waals surface area contributed by atoms with Gasteiger partial charge in [-0.2, -0.15) is 0 Å². The number of aliphatic hydroxyl groups excluding tert-OH is 1. The highest BCUT2D eigenvalue weighted by Crippen LogP contribution is 1.95. The number of esters is 1. The van der Waals surface area contributed by atoms with Crippen LogP contribution >= 0.6 is 0 Å². The highest BCUT2D eigenvalue weighted by Gasteiger charge is 2.02. The summed E-state index contributed by atoms with van der Waals surface area (Å²) in [6, 6.07) is 0. The van der Waals surface area contributed by atoms with Crippen molar-refractivity contribution in [2.45, 2.75) is 20.3 Å². The zero-order valence-corrected chi connectivity index (χ0v) is 8.78. The van der Waals surface area contributed by atoms with E-state index in [2.05, 4.69) is 0 Å². The fourth-order valence-electron chi connectivity index (χ4n) is 0.694. The second-order valence-corrected chi connectivity index (χ2v) is 2.80. The molecule has 0 spiro atoms. The molecule has 0 unspecified atom stereocenters. The van der Waals surface area contributed by atoms with Gasteiger partial charge in [-0.1, -0.05) is 6.08 Å². The fraction of sp³-hybridized carbons (Fsp3) is 0.700. The normalized spacial score (nSPS) is 11.5. The summed E-state index contributed by atoms with van der Waals surface area (Å²) in [5.41, 5.74) is 0.598. The molecule has 0 heterocycles. The minimum Gasteiger partial charge on any atom is -0.460 e. The minimum absolute atomic E-state index is 0.122. The van der Waals surface area contributed by atoms with Crippen molar-refractivity contribution in [3.63, 3.8) is 0 Å². The number of allylic oxidation sites excluding steroid dienone is 1. The molecule has 0 saturated carbocycles. The number of carbonyl (C=O) groups excluding carboxylic acids is 1. The van der Waals surface area contributed by atoms with E-state index in [1.165, 1.54) is 0 Å². The summed E-state index contributed by atoms with van der Waals surface area (Å²) in [6.07, 6.45) is 2.32. The van der Waals surface area contributed by atoms with E-state index in [1.807, 2.05) is 0 Å². The Labute approximate surface area is 84.5 Å². The van der Waals surface area contributed by atoms with Crippen LogP contribution in [0.15, 0.2) is 11.6 Å². The third-order valence-corrected chi connectivity index (χ3v) is 1.66. The van der Waals surface area contributed by atoms with Gasteiger partial charge >= 0.3 is 5.97 Å². The van der Waals surface area contributed by atoms with Gasteiger partial charge in [-0.25, -0.2) is 4.79 Å². The van der Waals surface area contributed by atoms with Crippen LogP contribution in [-0.4, -0.2) is 37.5 Å². The zero-order valence-electron chi connectivity index (χ0n) is 8.78. The maximum Gasteiger partial charge on any atom is 0.333 e. The monoisotopic (exact) mass is 202 g/mol. The lowest BCUT2D eigenvalue weighted by atomic mass is 10.3. The minimum atomic E-state index is -0.307. The molecule has 0 aromatic rings. The van der Waals surface area contributed by atoms with Gasteiger partial charge in [-0.05, 0) is 20.3 Å². The molecule has 14 heavy (non-hydrogen) atoms. The van der Waals surface area contributed by atoms with Crippen molar-refractivity contribution < 1.29 is 19.4 Å². The van der Waals surface area contributed by atoms with Crippen molar-refractivity contribution >= 4 is 5.97 Å². The topological polar surface area (TPSA) is 55.8 Å². The SMILES string of the molecule is CC=C(C)C(=O)OCCOCCCO. The molecule has 4 nitrogen and oxygen atoms in total. The van der Waals surface area contributed by atoms with Crippen LogP contribution in [-0.2, 0) is 14.3 Å². The van der Waals surface area contributed by atoms with Crippen molar-refractivity contribution in [1.29, 1.82) is 0 Å². The van der Waals surface area contributed by atoms with Crippen LogP contribution in [0.4, 0.5) is 0 Å². The van der Waals surface area contributed by atoms with Gasteiger partial charge in [-0.3, -0.25) is 0 Å². The van der Waals surface area contributed by atoms with Crippen molar-refractivity contribution in [2.24, 2.45) is 0 Å². The Morgan fingerprint density at radius 1 is 1.36 bits per heavy atom. The Morgan fingerprint density at radius 2 is 2.07 bits per heavy atom. The Morgan fingerprint density at radius 3 is 2.64 bits per heavy atom. The molecule has 1 N–H and O–H groups in total. The molecule has 0 amide bonds. The van der Waals surface area contributed by atoms with E-state index in [-0.39, 0.29) is 19.2 Å². The molecule has 0 aromatic carbocycles. The van der Waals surface area contributed by atoms with E-state index in [0.29, 0.717) is 25.2 Å². The van der Waals surface area contributed by atoms with Gasteiger partial charge in [0.05, 0.1) is 6.61 Å². The summed E-state index contributed by atoms with van der Waals surface area (Å²) in [6.45, 7) is 4.75. The molecular formula is C10H18O4. The Bertz CT molecular complexity index is 187. The van der Waals surface area contributed by atoms with E-state index in [9.17, 15) is 4.79 Å². The van der Waals surface area contributed by atoms with Crippen LogP contribution in [0.25, 0.3) is 0 Å². The smallest absolute Gasteiger partial charge is 0.333 e. The van der Waals surface area contributed by atoms with Crippen molar-refractivity contribution in [3.05, 3.63) is 11.6 Å². The van der Waals surface area contributed by atoms with Crippen LogP contribution < -0.4 is 0 Å². The fourth-order valence-corrected chi connectivity index (χ4v) is 0.694. The Balaban J connectivity index is 3.32. The van der Waals surface area contributed by atoms with E-state index in [4.69, 9.17) is 14.6 Å². The number of rotatable bonds is 7. The van der Waals surface area contributed by atoms with Gasteiger partial charge < -0.3 is 14.6 Å². The lowest BCUT2D eigenvalue weighted by Gasteiger charge is -2.05. The molecule has 0 aromatic heterocycles. The summed E-state index contributed by atoms with van der Waals surface area (Å²) in [5, 5.41) is 8.44. The average molecular weight is 202 g/mol. The summed E-state index contributed by atoms with van der Waals surface area (Å²) in [5.74, 6) is -0.307. The second-order valence-electron chi connectivity index (χ2n) is 2.80. The van der Waals surface area contributed by atoms with Gasteiger partial charge in [-0.15, -0.1) is 0 Å². The summed E-state index contributed by atoms with van der Waals surface area (Å²) in [4.78, 5) is 11.1. The van der Waals surface area contributed by atoms with Gasteiger partial charge in [0.2, 0.25) is 0 Å². The zero-order chi connectivity index (χ0) is 10.8. The molecule has 0 saturated heterocycles. The van der Waals surface area contributed by atoms with Gasteiger partial charge in [0.15, 0.2) is 0 Å². The maximum atomic E-state index is 11.1. The first-order chi connectivity index (χ1) is 6.72. The Hall–Kier alpha value is -0.870. The highest BCUT2D eigenvalue weighted by atomic mass is 16.6. The van der Waals surface area contributed by atoms with Crippen molar-refractivity contribution in [1.82, 2.24) is 0 Å².